The number of allylic oxidation sites excluding steroid dienone is 1. The maximum atomic E-state index is 13.1. The third-order valence-corrected chi connectivity index (χ3v) is 5.18. The van der Waals surface area contributed by atoms with Crippen LogP contribution in [-0.4, -0.2) is 58.3 Å². The maximum Gasteiger partial charge on any atom is 0.255 e. The van der Waals surface area contributed by atoms with Gasteiger partial charge in [-0.2, -0.15) is 0 Å². The number of benzene rings is 2. The van der Waals surface area contributed by atoms with Gasteiger partial charge in [-0.3, -0.25) is 4.79 Å². The Morgan fingerprint density at radius 1 is 1.14 bits per heavy atom. The van der Waals surface area contributed by atoms with Gasteiger partial charge in [0.15, 0.2) is 11.5 Å². The SMILES string of the molecule is C=CCc1cc(C(=O)Nc2ccccc2N2CCN(C)CC2)cc(OC)c1OC. The third-order valence-electron chi connectivity index (χ3n) is 5.18. The van der Waals surface area contributed by atoms with Crippen LogP contribution >= 0.6 is 0 Å². The van der Waals surface area contributed by atoms with Gasteiger partial charge in [0.25, 0.3) is 5.91 Å². The maximum absolute atomic E-state index is 13.1. The van der Waals surface area contributed by atoms with Crippen LogP contribution in [0.5, 0.6) is 11.5 Å². The number of hydrogen-bond donors (Lipinski definition) is 1. The van der Waals surface area contributed by atoms with Crippen LogP contribution in [0.1, 0.15) is 15.9 Å². The van der Waals surface area contributed by atoms with Crippen molar-refractivity contribution in [1.82, 2.24) is 4.90 Å². The Morgan fingerprint density at radius 3 is 2.52 bits per heavy atom. The summed E-state index contributed by atoms with van der Waals surface area (Å²) in [6.45, 7) is 7.67. The Hall–Kier alpha value is -2.99. The quantitative estimate of drug-likeness (QED) is 0.728. The molecule has 6 nitrogen and oxygen atoms in total. The molecule has 0 unspecified atom stereocenters. The second-order valence-electron chi connectivity index (χ2n) is 7.13. The Morgan fingerprint density at radius 2 is 1.86 bits per heavy atom. The van der Waals surface area contributed by atoms with Crippen LogP contribution in [0.2, 0.25) is 0 Å². The summed E-state index contributed by atoms with van der Waals surface area (Å²) in [6.07, 6.45) is 2.36. The van der Waals surface area contributed by atoms with E-state index in [1.165, 1.54) is 0 Å². The number of methoxy groups -OCH3 is 2. The van der Waals surface area contributed by atoms with Crippen molar-refractivity contribution < 1.29 is 14.3 Å². The summed E-state index contributed by atoms with van der Waals surface area (Å²) in [5, 5.41) is 3.08. The van der Waals surface area contributed by atoms with E-state index in [1.807, 2.05) is 24.3 Å². The van der Waals surface area contributed by atoms with Crippen molar-refractivity contribution in [3.05, 3.63) is 60.2 Å². The first-order valence-electron chi connectivity index (χ1n) is 9.77. The van der Waals surface area contributed by atoms with E-state index in [2.05, 4.69) is 34.8 Å². The number of nitrogens with one attached hydrogen (secondary N) is 1. The second-order valence-corrected chi connectivity index (χ2v) is 7.13. The second kappa shape index (κ2) is 9.47. The van der Waals surface area contributed by atoms with Crippen molar-refractivity contribution in [3.8, 4) is 11.5 Å². The van der Waals surface area contributed by atoms with Crippen molar-refractivity contribution in [2.45, 2.75) is 6.42 Å². The molecule has 1 fully saturated rings. The predicted octanol–water partition coefficient (Wildman–Crippen LogP) is 3.44. The number of rotatable bonds is 7. The molecule has 0 bridgehead atoms. The van der Waals surface area contributed by atoms with Crippen LogP contribution < -0.4 is 19.7 Å². The summed E-state index contributed by atoms with van der Waals surface area (Å²) in [5.74, 6) is 0.976. The first kappa shape index (κ1) is 20.7. The number of para-hydroxylation sites is 2. The van der Waals surface area contributed by atoms with E-state index in [-0.39, 0.29) is 5.91 Å². The third kappa shape index (κ3) is 4.71. The van der Waals surface area contributed by atoms with Crippen LogP contribution in [-0.2, 0) is 6.42 Å². The fraction of sp³-hybridized carbons (Fsp3) is 0.348. The molecule has 1 amide bonds. The molecule has 0 radical (unpaired) electrons. The van der Waals surface area contributed by atoms with Gasteiger partial charge in [0.2, 0.25) is 0 Å². The molecule has 3 rings (SSSR count). The van der Waals surface area contributed by atoms with Gasteiger partial charge in [0.05, 0.1) is 25.6 Å². The molecule has 1 N–H and O–H groups in total. The Balaban J connectivity index is 1.87. The number of carbonyl (C=O) groups excluding carboxylic acids is 1. The zero-order valence-corrected chi connectivity index (χ0v) is 17.4. The van der Waals surface area contributed by atoms with E-state index in [1.54, 1.807) is 26.4 Å². The summed E-state index contributed by atoms with van der Waals surface area (Å²) >= 11 is 0. The highest BCUT2D eigenvalue weighted by molar-refractivity contribution is 6.06. The van der Waals surface area contributed by atoms with Crippen LogP contribution in [0.4, 0.5) is 11.4 Å². The molecule has 2 aromatic carbocycles. The van der Waals surface area contributed by atoms with E-state index >= 15 is 0 Å². The van der Waals surface area contributed by atoms with Crippen molar-refractivity contribution in [2.75, 3.05) is 57.7 Å². The monoisotopic (exact) mass is 395 g/mol. The minimum Gasteiger partial charge on any atom is -0.493 e. The zero-order chi connectivity index (χ0) is 20.8. The molecular weight excluding hydrogens is 366 g/mol. The normalized spacial score (nSPS) is 14.4. The Bertz CT molecular complexity index is 874. The molecule has 1 heterocycles. The van der Waals surface area contributed by atoms with E-state index in [4.69, 9.17) is 9.47 Å². The molecule has 0 aliphatic carbocycles. The summed E-state index contributed by atoms with van der Waals surface area (Å²) < 4.78 is 10.9. The molecule has 1 aliphatic heterocycles. The van der Waals surface area contributed by atoms with E-state index < -0.39 is 0 Å². The Kier molecular flexibility index (Phi) is 6.77. The molecule has 29 heavy (non-hydrogen) atoms. The molecule has 0 saturated carbocycles. The zero-order valence-electron chi connectivity index (χ0n) is 17.4. The van der Waals surface area contributed by atoms with Crippen molar-refractivity contribution in [3.63, 3.8) is 0 Å². The van der Waals surface area contributed by atoms with Crippen LogP contribution in [0, 0.1) is 0 Å². The number of likely N-dealkylation sites (N-methyl/N-ethyl adjacent to an activating group) is 1. The van der Waals surface area contributed by atoms with E-state index in [0.717, 1.165) is 43.1 Å². The molecule has 154 valence electrons. The number of anilines is 2. The first-order valence-corrected chi connectivity index (χ1v) is 9.77. The van der Waals surface area contributed by atoms with Gasteiger partial charge in [0, 0.05) is 37.3 Å². The average molecular weight is 396 g/mol. The van der Waals surface area contributed by atoms with Crippen molar-refractivity contribution in [2.24, 2.45) is 0 Å². The van der Waals surface area contributed by atoms with Crippen LogP contribution in [0.3, 0.4) is 0 Å². The van der Waals surface area contributed by atoms with Gasteiger partial charge in [-0.15, -0.1) is 6.58 Å². The highest BCUT2D eigenvalue weighted by atomic mass is 16.5. The highest BCUT2D eigenvalue weighted by Crippen LogP contribution is 2.34. The standard InChI is InChI=1S/C23H29N3O3/c1-5-8-17-15-18(16-21(28-3)22(17)29-4)23(27)24-19-9-6-7-10-20(19)26-13-11-25(2)12-14-26/h5-7,9-10,15-16H,1,8,11-14H2,2-4H3,(H,24,27). The number of ether oxygens (including phenoxy) is 2. The molecule has 2 aromatic rings. The van der Waals surface area contributed by atoms with Gasteiger partial charge >= 0.3 is 0 Å². The van der Waals surface area contributed by atoms with Crippen LogP contribution in [0.15, 0.2) is 49.1 Å². The summed E-state index contributed by atoms with van der Waals surface area (Å²) in [6, 6.07) is 11.5. The van der Waals surface area contributed by atoms with Crippen molar-refractivity contribution in [1.29, 1.82) is 0 Å². The number of carbonyl (C=O) groups is 1. The van der Waals surface area contributed by atoms with Crippen molar-refractivity contribution >= 4 is 17.3 Å². The topological polar surface area (TPSA) is 54.0 Å². The van der Waals surface area contributed by atoms with Gasteiger partial charge < -0.3 is 24.6 Å². The number of nitrogens with zero attached hydrogens (tertiary/aromatic N) is 2. The summed E-state index contributed by atoms with van der Waals surface area (Å²) in [5.41, 5.74) is 3.23. The lowest BCUT2D eigenvalue weighted by molar-refractivity contribution is 0.102. The lowest BCUT2D eigenvalue weighted by atomic mass is 10.0. The van der Waals surface area contributed by atoms with Gasteiger partial charge in [-0.05, 0) is 37.7 Å². The van der Waals surface area contributed by atoms with Gasteiger partial charge in [-0.1, -0.05) is 18.2 Å². The van der Waals surface area contributed by atoms with E-state index in [0.29, 0.717) is 23.5 Å². The van der Waals surface area contributed by atoms with Gasteiger partial charge in [-0.25, -0.2) is 0 Å². The molecule has 0 aromatic heterocycles. The van der Waals surface area contributed by atoms with Crippen LogP contribution in [0.25, 0.3) is 0 Å². The highest BCUT2D eigenvalue weighted by Gasteiger charge is 2.20. The predicted molar refractivity (Wildman–Crippen MR) is 118 cm³/mol. The molecular formula is C23H29N3O3. The lowest BCUT2D eigenvalue weighted by Gasteiger charge is -2.35. The van der Waals surface area contributed by atoms with Gasteiger partial charge in [0.1, 0.15) is 0 Å². The minimum absolute atomic E-state index is 0.183. The molecule has 1 saturated heterocycles. The molecule has 1 aliphatic rings. The molecule has 0 spiro atoms. The molecule has 6 heteroatoms. The smallest absolute Gasteiger partial charge is 0.255 e. The number of piperazine rings is 1. The first-order chi connectivity index (χ1) is 14.1. The summed E-state index contributed by atoms with van der Waals surface area (Å²) in [7, 11) is 5.29. The summed E-state index contributed by atoms with van der Waals surface area (Å²) in [4.78, 5) is 17.7. The largest absolute Gasteiger partial charge is 0.493 e. The van der Waals surface area contributed by atoms with E-state index in [9.17, 15) is 4.79 Å². The lowest BCUT2D eigenvalue weighted by Crippen LogP contribution is -2.44. The number of hydrogen-bond acceptors (Lipinski definition) is 5. The fourth-order valence-electron chi connectivity index (χ4n) is 3.58. The fourth-order valence-corrected chi connectivity index (χ4v) is 3.58. The molecule has 0 atom stereocenters. The Labute approximate surface area is 172 Å². The number of amides is 1. The average Bonchev–Trinajstić information content (AvgIpc) is 2.74. The minimum atomic E-state index is -0.183.